The summed E-state index contributed by atoms with van der Waals surface area (Å²) in [6.45, 7) is 9.63. The van der Waals surface area contributed by atoms with Gasteiger partial charge in [0.2, 0.25) is 5.91 Å². The average molecular weight is 461 g/mol. The number of carbonyl (C=O) groups excluding carboxylic acids is 2. The molecule has 0 aromatic heterocycles. The Morgan fingerprint density at radius 3 is 2.36 bits per heavy atom. The Labute approximate surface area is 193 Å². The topological polar surface area (TPSA) is 97.8 Å². The van der Waals surface area contributed by atoms with Crippen molar-refractivity contribution in [3.8, 4) is 11.5 Å². The van der Waals surface area contributed by atoms with E-state index < -0.39 is 23.7 Å². The van der Waals surface area contributed by atoms with Crippen molar-refractivity contribution in [3.63, 3.8) is 0 Å². The molecule has 33 heavy (non-hydrogen) atoms. The number of morpholine rings is 2. The van der Waals surface area contributed by atoms with Gasteiger partial charge in [-0.15, -0.1) is 0 Å². The minimum Gasteiger partial charge on any atom is -0.507 e. The Morgan fingerprint density at radius 1 is 1.09 bits per heavy atom. The minimum absolute atomic E-state index is 0.0164. The van der Waals surface area contributed by atoms with E-state index in [1.165, 1.54) is 13.0 Å². The number of benzene rings is 1. The van der Waals surface area contributed by atoms with Crippen molar-refractivity contribution in [2.75, 3.05) is 52.6 Å². The van der Waals surface area contributed by atoms with Crippen LogP contribution in [0, 0.1) is 0 Å². The van der Waals surface area contributed by atoms with E-state index in [0.29, 0.717) is 69.5 Å². The lowest BCUT2D eigenvalue weighted by Gasteiger charge is -2.48. The molecule has 9 nitrogen and oxygen atoms in total. The molecule has 0 aliphatic carbocycles. The van der Waals surface area contributed by atoms with Gasteiger partial charge in [-0.1, -0.05) is 0 Å². The molecule has 0 spiro atoms. The van der Waals surface area contributed by atoms with E-state index >= 15 is 0 Å². The van der Waals surface area contributed by atoms with Gasteiger partial charge in [0.1, 0.15) is 17.1 Å². The van der Waals surface area contributed by atoms with Gasteiger partial charge in [-0.05, 0) is 32.1 Å². The van der Waals surface area contributed by atoms with Crippen molar-refractivity contribution in [3.05, 3.63) is 29.3 Å². The Bertz CT molecular complexity index is 918. The minimum atomic E-state index is -0.808. The molecule has 1 aromatic rings. The summed E-state index contributed by atoms with van der Waals surface area (Å²) in [5.41, 5.74) is 0.250. The molecule has 1 N–H and O–H groups in total. The molecule has 180 valence electrons. The van der Waals surface area contributed by atoms with E-state index in [9.17, 15) is 14.7 Å². The second-order valence-corrected chi connectivity index (χ2v) is 9.01. The van der Waals surface area contributed by atoms with Crippen LogP contribution < -0.4 is 4.74 Å². The zero-order chi connectivity index (χ0) is 23.6. The summed E-state index contributed by atoms with van der Waals surface area (Å²) in [7, 11) is 0. The fourth-order valence-electron chi connectivity index (χ4n) is 4.65. The summed E-state index contributed by atoms with van der Waals surface area (Å²) < 4.78 is 22.8. The van der Waals surface area contributed by atoms with Crippen molar-refractivity contribution < 1.29 is 33.6 Å². The van der Waals surface area contributed by atoms with Crippen molar-refractivity contribution in [1.82, 2.24) is 9.80 Å². The number of phenols is 1. The van der Waals surface area contributed by atoms with E-state index in [1.807, 2.05) is 13.8 Å². The number of carbonyl (C=O) groups is 2. The van der Waals surface area contributed by atoms with E-state index in [0.717, 1.165) is 0 Å². The maximum absolute atomic E-state index is 12.5. The first-order valence-corrected chi connectivity index (χ1v) is 11.4. The molecule has 3 heterocycles. The van der Waals surface area contributed by atoms with E-state index in [-0.39, 0.29) is 11.7 Å². The van der Waals surface area contributed by atoms with Gasteiger partial charge in [0.15, 0.2) is 6.10 Å². The normalized spacial score (nSPS) is 25.4. The first-order valence-electron chi connectivity index (χ1n) is 11.4. The van der Waals surface area contributed by atoms with Crippen molar-refractivity contribution in [2.45, 2.75) is 38.5 Å². The number of phenolic OH excluding ortho intramolecular Hbond substituents is 1. The number of nitrogens with zero attached hydrogens (tertiary/aromatic N) is 2. The Balaban J connectivity index is 1.70. The number of aromatic hydroxyl groups is 1. The standard InChI is InChI=1S/C24H32N2O7/c1-16(27)32-23-21(26-10-14-31-15-11-26)20-18(33-24(23,2)3)6-4-17(22(20)29)5-7-19(28)25-8-12-30-13-9-25/h4-7,21,23,29H,8-15H2,1-3H3/b7-5+/t21-,23-/m1/s1. The van der Waals surface area contributed by atoms with Gasteiger partial charge in [-0.25, -0.2) is 0 Å². The second-order valence-electron chi connectivity index (χ2n) is 9.01. The van der Waals surface area contributed by atoms with Gasteiger partial charge in [-0.2, -0.15) is 0 Å². The van der Waals surface area contributed by atoms with Crippen LogP contribution >= 0.6 is 0 Å². The number of ether oxygens (including phenoxy) is 4. The zero-order valence-electron chi connectivity index (χ0n) is 19.4. The van der Waals surface area contributed by atoms with Crippen LogP contribution in [0.1, 0.15) is 37.9 Å². The van der Waals surface area contributed by atoms with Gasteiger partial charge >= 0.3 is 5.97 Å². The maximum Gasteiger partial charge on any atom is 0.303 e. The summed E-state index contributed by atoms with van der Waals surface area (Å²) in [5, 5.41) is 11.3. The van der Waals surface area contributed by atoms with Gasteiger partial charge in [0, 0.05) is 44.7 Å². The molecular formula is C24H32N2O7. The molecule has 2 atom stereocenters. The van der Waals surface area contributed by atoms with Crippen molar-refractivity contribution >= 4 is 18.0 Å². The number of esters is 1. The molecule has 3 aliphatic rings. The number of rotatable bonds is 4. The Morgan fingerprint density at radius 2 is 1.73 bits per heavy atom. The molecule has 2 saturated heterocycles. The first-order chi connectivity index (χ1) is 15.8. The Kier molecular flexibility index (Phi) is 6.92. The summed E-state index contributed by atoms with van der Waals surface area (Å²) in [6.07, 6.45) is 2.44. The smallest absolute Gasteiger partial charge is 0.303 e. The largest absolute Gasteiger partial charge is 0.507 e. The molecule has 1 aromatic carbocycles. The third-order valence-electron chi connectivity index (χ3n) is 6.31. The lowest BCUT2D eigenvalue weighted by molar-refractivity contribution is -0.172. The van der Waals surface area contributed by atoms with Crippen LogP contribution in [0.2, 0.25) is 0 Å². The molecule has 0 radical (unpaired) electrons. The summed E-state index contributed by atoms with van der Waals surface area (Å²) in [4.78, 5) is 28.4. The highest BCUT2D eigenvalue weighted by atomic mass is 16.6. The third kappa shape index (κ3) is 5.00. The van der Waals surface area contributed by atoms with Crippen LogP contribution in [-0.4, -0.2) is 91.1 Å². The van der Waals surface area contributed by atoms with E-state index in [1.54, 1.807) is 23.1 Å². The zero-order valence-corrected chi connectivity index (χ0v) is 19.4. The number of hydrogen-bond donors (Lipinski definition) is 1. The monoisotopic (exact) mass is 460 g/mol. The van der Waals surface area contributed by atoms with E-state index in [2.05, 4.69) is 4.90 Å². The highest BCUT2D eigenvalue weighted by Gasteiger charge is 2.50. The Hall–Kier alpha value is -2.62. The van der Waals surface area contributed by atoms with Crippen LogP contribution in [0.3, 0.4) is 0 Å². The van der Waals surface area contributed by atoms with Crippen LogP contribution in [-0.2, 0) is 23.8 Å². The summed E-state index contributed by atoms with van der Waals surface area (Å²) in [5.74, 6) is 0.0112. The molecule has 0 unspecified atom stereocenters. The molecule has 0 bridgehead atoms. The fourth-order valence-corrected chi connectivity index (χ4v) is 4.65. The van der Waals surface area contributed by atoms with Crippen LogP contribution in [0.25, 0.3) is 6.08 Å². The molecular weight excluding hydrogens is 428 g/mol. The second kappa shape index (κ2) is 9.70. The molecule has 9 heteroatoms. The van der Waals surface area contributed by atoms with Gasteiger partial charge in [0.25, 0.3) is 0 Å². The molecule has 2 fully saturated rings. The fraction of sp³-hybridized carbons (Fsp3) is 0.583. The first kappa shape index (κ1) is 23.5. The number of fused-ring (bicyclic) bond motifs is 1. The lowest BCUT2D eigenvalue weighted by atomic mass is 9.83. The van der Waals surface area contributed by atoms with Gasteiger partial charge < -0.3 is 29.0 Å². The van der Waals surface area contributed by atoms with Crippen LogP contribution in [0.4, 0.5) is 0 Å². The molecule has 4 rings (SSSR count). The van der Waals surface area contributed by atoms with E-state index in [4.69, 9.17) is 18.9 Å². The lowest BCUT2D eigenvalue weighted by Crippen LogP contribution is -2.57. The molecule has 3 aliphatic heterocycles. The quantitative estimate of drug-likeness (QED) is 0.536. The van der Waals surface area contributed by atoms with Crippen LogP contribution in [0.5, 0.6) is 11.5 Å². The highest BCUT2D eigenvalue weighted by molar-refractivity contribution is 5.92. The van der Waals surface area contributed by atoms with Gasteiger partial charge in [-0.3, -0.25) is 14.5 Å². The highest BCUT2D eigenvalue weighted by Crippen LogP contribution is 2.49. The third-order valence-corrected chi connectivity index (χ3v) is 6.31. The maximum atomic E-state index is 12.5. The summed E-state index contributed by atoms with van der Waals surface area (Å²) in [6, 6.07) is 3.11. The molecule has 0 saturated carbocycles. The number of amides is 1. The van der Waals surface area contributed by atoms with Crippen molar-refractivity contribution in [2.24, 2.45) is 0 Å². The van der Waals surface area contributed by atoms with Crippen LogP contribution in [0.15, 0.2) is 18.2 Å². The average Bonchev–Trinajstić information content (AvgIpc) is 2.80. The van der Waals surface area contributed by atoms with Crippen molar-refractivity contribution in [1.29, 1.82) is 0 Å². The predicted octanol–water partition coefficient (Wildman–Crippen LogP) is 1.74. The summed E-state index contributed by atoms with van der Waals surface area (Å²) >= 11 is 0. The van der Waals surface area contributed by atoms with Gasteiger partial charge in [0.05, 0.1) is 38.0 Å². The number of hydrogen-bond acceptors (Lipinski definition) is 8. The SMILES string of the molecule is CC(=O)O[C@@H]1[C@H](N2CCOCC2)c2c(ccc(/C=C/C(=O)N3CCOCC3)c2O)OC1(C)C. The predicted molar refractivity (Wildman–Crippen MR) is 120 cm³/mol. The molecule has 1 amide bonds.